The van der Waals surface area contributed by atoms with Crippen molar-refractivity contribution < 1.29 is 0 Å². The Balaban J connectivity index is 2.12. The van der Waals surface area contributed by atoms with Crippen LogP contribution >= 0.6 is 0 Å². The number of pyridine rings is 1. The molecule has 1 heterocycles. The second-order valence-corrected chi connectivity index (χ2v) is 5.00. The lowest BCUT2D eigenvalue weighted by atomic mass is 10.2. The van der Waals surface area contributed by atoms with E-state index >= 15 is 0 Å². The molecular weight excluding hydrogens is 210 g/mol. The topological polar surface area (TPSA) is 28.2 Å². The normalized spacial score (nSPS) is 15.0. The highest BCUT2D eigenvalue weighted by Crippen LogP contribution is 2.31. The van der Waals surface area contributed by atoms with Gasteiger partial charge in [-0.2, -0.15) is 0 Å². The standard InChI is InChI=1S/C14H23N3/c1-4-17(10-12-5-6-12)14-11(2)7-13(8-15-3)9-16-14/h7,9,12,15H,4-6,8,10H2,1-3H3. The molecule has 0 radical (unpaired) electrons. The van der Waals surface area contributed by atoms with Gasteiger partial charge in [0, 0.05) is 25.8 Å². The predicted molar refractivity (Wildman–Crippen MR) is 72.3 cm³/mol. The monoisotopic (exact) mass is 233 g/mol. The van der Waals surface area contributed by atoms with Gasteiger partial charge in [0.1, 0.15) is 5.82 Å². The summed E-state index contributed by atoms with van der Waals surface area (Å²) in [5.41, 5.74) is 2.55. The van der Waals surface area contributed by atoms with Gasteiger partial charge in [0.15, 0.2) is 0 Å². The summed E-state index contributed by atoms with van der Waals surface area (Å²) in [7, 11) is 1.97. The van der Waals surface area contributed by atoms with E-state index in [1.54, 1.807) is 0 Å². The fraction of sp³-hybridized carbons (Fsp3) is 0.643. The minimum absolute atomic E-state index is 0.892. The molecule has 1 aliphatic rings. The maximum atomic E-state index is 4.63. The van der Waals surface area contributed by atoms with Gasteiger partial charge in [-0.25, -0.2) is 4.98 Å². The molecular formula is C14H23N3. The quantitative estimate of drug-likeness (QED) is 0.817. The molecule has 1 saturated carbocycles. The second-order valence-electron chi connectivity index (χ2n) is 5.00. The van der Waals surface area contributed by atoms with Gasteiger partial charge in [-0.05, 0) is 56.8 Å². The number of nitrogens with zero attached hydrogens (tertiary/aromatic N) is 2. The maximum absolute atomic E-state index is 4.63. The maximum Gasteiger partial charge on any atom is 0.131 e. The van der Waals surface area contributed by atoms with Gasteiger partial charge < -0.3 is 10.2 Å². The molecule has 1 N–H and O–H groups in total. The molecule has 0 aromatic carbocycles. The summed E-state index contributed by atoms with van der Waals surface area (Å²) in [6, 6.07) is 2.24. The minimum atomic E-state index is 0.892. The molecule has 0 saturated heterocycles. The van der Waals surface area contributed by atoms with E-state index in [-0.39, 0.29) is 0 Å². The molecule has 17 heavy (non-hydrogen) atoms. The van der Waals surface area contributed by atoms with Crippen molar-refractivity contribution in [3.63, 3.8) is 0 Å². The van der Waals surface area contributed by atoms with Crippen molar-refractivity contribution in [3.05, 3.63) is 23.4 Å². The molecule has 3 nitrogen and oxygen atoms in total. The van der Waals surface area contributed by atoms with Gasteiger partial charge in [0.25, 0.3) is 0 Å². The van der Waals surface area contributed by atoms with Gasteiger partial charge in [0.05, 0.1) is 0 Å². The Bertz CT molecular complexity index is 372. The first kappa shape index (κ1) is 12.4. The van der Waals surface area contributed by atoms with Crippen LogP contribution in [-0.2, 0) is 6.54 Å². The van der Waals surface area contributed by atoms with Crippen LogP contribution in [0.3, 0.4) is 0 Å². The van der Waals surface area contributed by atoms with Crippen molar-refractivity contribution in [1.29, 1.82) is 0 Å². The molecule has 0 unspecified atom stereocenters. The van der Waals surface area contributed by atoms with Gasteiger partial charge >= 0.3 is 0 Å². The fourth-order valence-corrected chi connectivity index (χ4v) is 2.24. The summed E-state index contributed by atoms with van der Waals surface area (Å²) in [4.78, 5) is 7.05. The van der Waals surface area contributed by atoms with Crippen LogP contribution in [-0.4, -0.2) is 25.1 Å². The van der Waals surface area contributed by atoms with Crippen LogP contribution in [0.15, 0.2) is 12.3 Å². The average molecular weight is 233 g/mol. The summed E-state index contributed by atoms with van der Waals surface area (Å²) in [5, 5.41) is 3.16. The van der Waals surface area contributed by atoms with Crippen molar-refractivity contribution in [2.75, 3.05) is 25.0 Å². The number of hydrogen-bond acceptors (Lipinski definition) is 3. The molecule has 0 spiro atoms. The third-order valence-electron chi connectivity index (χ3n) is 3.34. The van der Waals surface area contributed by atoms with Crippen molar-refractivity contribution in [2.24, 2.45) is 5.92 Å². The Hall–Kier alpha value is -1.09. The SMILES string of the molecule is CCN(CC1CC1)c1ncc(CNC)cc1C. The van der Waals surface area contributed by atoms with Crippen LogP contribution in [0.25, 0.3) is 0 Å². The number of hydrogen-bond donors (Lipinski definition) is 1. The van der Waals surface area contributed by atoms with Crippen LogP contribution in [0.2, 0.25) is 0 Å². The average Bonchev–Trinajstić information content (AvgIpc) is 3.11. The Morgan fingerprint density at radius 2 is 2.24 bits per heavy atom. The van der Waals surface area contributed by atoms with Crippen molar-refractivity contribution >= 4 is 5.82 Å². The van der Waals surface area contributed by atoms with Gasteiger partial charge in [-0.1, -0.05) is 0 Å². The molecule has 3 heteroatoms. The molecule has 0 aliphatic heterocycles. The summed E-state index contributed by atoms with van der Waals surface area (Å²) in [5.74, 6) is 2.08. The number of nitrogens with one attached hydrogen (secondary N) is 1. The van der Waals surface area contributed by atoms with Crippen LogP contribution in [0.1, 0.15) is 30.9 Å². The predicted octanol–water partition coefficient (Wildman–Crippen LogP) is 2.35. The molecule has 2 rings (SSSR count). The minimum Gasteiger partial charge on any atom is -0.356 e. The van der Waals surface area contributed by atoms with Crippen molar-refractivity contribution in [2.45, 2.75) is 33.2 Å². The van der Waals surface area contributed by atoms with Crippen LogP contribution in [0, 0.1) is 12.8 Å². The van der Waals surface area contributed by atoms with Gasteiger partial charge in [0.2, 0.25) is 0 Å². The molecule has 0 bridgehead atoms. The summed E-state index contributed by atoms with van der Waals surface area (Å²) >= 11 is 0. The zero-order chi connectivity index (χ0) is 12.3. The summed E-state index contributed by atoms with van der Waals surface area (Å²) < 4.78 is 0. The molecule has 0 atom stereocenters. The third kappa shape index (κ3) is 3.19. The second kappa shape index (κ2) is 5.50. The lowest BCUT2D eigenvalue weighted by Gasteiger charge is -2.23. The van der Waals surface area contributed by atoms with E-state index in [1.165, 1.54) is 36.3 Å². The van der Waals surface area contributed by atoms with E-state index < -0.39 is 0 Å². The van der Waals surface area contributed by atoms with E-state index in [4.69, 9.17) is 0 Å². The van der Waals surface area contributed by atoms with Crippen LogP contribution < -0.4 is 10.2 Å². The molecule has 1 fully saturated rings. The van der Waals surface area contributed by atoms with Gasteiger partial charge in [-0.3, -0.25) is 0 Å². The highest BCUT2D eigenvalue weighted by atomic mass is 15.2. The van der Waals surface area contributed by atoms with Crippen LogP contribution in [0.5, 0.6) is 0 Å². The molecule has 1 aromatic heterocycles. The highest BCUT2D eigenvalue weighted by molar-refractivity contribution is 5.47. The Kier molecular flexibility index (Phi) is 4.00. The fourth-order valence-electron chi connectivity index (χ4n) is 2.24. The smallest absolute Gasteiger partial charge is 0.131 e. The number of rotatable bonds is 6. The molecule has 1 aliphatic carbocycles. The molecule has 94 valence electrons. The first-order valence-electron chi connectivity index (χ1n) is 6.59. The first-order valence-corrected chi connectivity index (χ1v) is 6.59. The first-order chi connectivity index (χ1) is 8.24. The zero-order valence-electron chi connectivity index (χ0n) is 11.2. The third-order valence-corrected chi connectivity index (χ3v) is 3.34. The lowest BCUT2D eigenvalue weighted by molar-refractivity contribution is 0.727. The highest BCUT2D eigenvalue weighted by Gasteiger charge is 2.24. The van der Waals surface area contributed by atoms with E-state index in [2.05, 4.69) is 35.1 Å². The summed E-state index contributed by atoms with van der Waals surface area (Å²) in [6.45, 7) is 7.50. The van der Waals surface area contributed by atoms with Crippen molar-refractivity contribution in [1.82, 2.24) is 10.3 Å². The molecule has 1 aromatic rings. The number of aryl methyl sites for hydroxylation is 1. The Labute approximate surface area is 104 Å². The van der Waals surface area contributed by atoms with E-state index in [1.807, 2.05) is 13.2 Å². The number of anilines is 1. The van der Waals surface area contributed by atoms with Crippen molar-refractivity contribution in [3.8, 4) is 0 Å². The Morgan fingerprint density at radius 3 is 2.76 bits per heavy atom. The van der Waals surface area contributed by atoms with E-state index in [9.17, 15) is 0 Å². The Morgan fingerprint density at radius 1 is 1.47 bits per heavy atom. The van der Waals surface area contributed by atoms with Gasteiger partial charge in [-0.15, -0.1) is 0 Å². The zero-order valence-corrected chi connectivity index (χ0v) is 11.2. The summed E-state index contributed by atoms with van der Waals surface area (Å²) in [6.07, 6.45) is 4.79. The van der Waals surface area contributed by atoms with E-state index in [0.717, 1.165) is 19.0 Å². The number of aromatic nitrogens is 1. The lowest BCUT2D eigenvalue weighted by Crippen LogP contribution is -2.27. The largest absolute Gasteiger partial charge is 0.356 e. The van der Waals surface area contributed by atoms with E-state index in [0.29, 0.717) is 0 Å². The van der Waals surface area contributed by atoms with Crippen LogP contribution in [0.4, 0.5) is 5.82 Å². The molecule has 0 amide bonds.